The first kappa shape index (κ1) is 73.6. The van der Waals surface area contributed by atoms with Gasteiger partial charge in [0.2, 0.25) is 23.6 Å². The molecule has 4 N–H and O–H groups in total. The highest BCUT2D eigenvalue weighted by atomic mass is 35.5. The summed E-state index contributed by atoms with van der Waals surface area (Å²) in [5, 5.41) is 13.9. The van der Waals surface area contributed by atoms with Crippen molar-refractivity contribution in [1.82, 2.24) is 55.3 Å². The molecule has 0 saturated carbocycles. The van der Waals surface area contributed by atoms with Crippen molar-refractivity contribution >= 4 is 76.0 Å². The van der Waals surface area contributed by atoms with Crippen molar-refractivity contribution in [2.75, 3.05) is 133 Å². The first-order valence-corrected chi connectivity index (χ1v) is 37.3. The van der Waals surface area contributed by atoms with Gasteiger partial charge in [0.25, 0.3) is 0 Å². The maximum Gasteiger partial charge on any atom is 0.326 e. The lowest BCUT2D eigenvalue weighted by Gasteiger charge is -2.48. The van der Waals surface area contributed by atoms with Crippen molar-refractivity contribution < 1.29 is 42.2 Å². The number of carbonyl (C=O) groups excluding carboxylic acids is 5. The molecule has 6 aromatic rings. The first-order chi connectivity index (χ1) is 50.1. The number of aromatic nitrogens is 2. The molecule has 0 unspecified atom stereocenters. The van der Waals surface area contributed by atoms with Crippen LogP contribution in [0.25, 0.3) is 0 Å². The van der Waals surface area contributed by atoms with Crippen LogP contribution in [0.5, 0.6) is 11.5 Å². The fourth-order valence-electron chi connectivity index (χ4n) is 15.8. The Morgan fingerprint density at radius 2 is 1.40 bits per heavy atom. The maximum absolute atomic E-state index is 15.8. The van der Waals surface area contributed by atoms with Gasteiger partial charge in [-0.25, -0.2) is 23.5 Å². The number of nitrogens with one attached hydrogen (secondary N) is 4. The molecule has 26 heteroatoms. The van der Waals surface area contributed by atoms with Gasteiger partial charge in [0.1, 0.15) is 59.5 Å². The predicted octanol–water partition coefficient (Wildman–Crippen LogP) is 9.95. The number of hydrogen-bond acceptors (Lipinski definition) is 16. The third kappa shape index (κ3) is 17.8. The minimum absolute atomic E-state index is 0.00548. The number of piperazine rings is 2. The van der Waals surface area contributed by atoms with E-state index in [2.05, 4.69) is 70.7 Å². The third-order valence-corrected chi connectivity index (χ3v) is 22.1. The molecule has 6 amide bonds. The van der Waals surface area contributed by atoms with Crippen LogP contribution in [-0.2, 0) is 38.8 Å². The van der Waals surface area contributed by atoms with Gasteiger partial charge in [-0.3, -0.25) is 34.0 Å². The minimum Gasteiger partial charge on any atom is -0.497 e. The summed E-state index contributed by atoms with van der Waals surface area (Å²) in [5.41, 5.74) is 4.32. The molecule has 0 bridgehead atoms. The van der Waals surface area contributed by atoms with Gasteiger partial charge in [0.05, 0.1) is 49.1 Å². The van der Waals surface area contributed by atoms with Crippen molar-refractivity contribution in [3.05, 3.63) is 171 Å². The molecular weight excluding hydrogens is 1370 g/mol. The Kier molecular flexibility index (Phi) is 22.9. The highest BCUT2D eigenvalue weighted by Gasteiger charge is 2.47. The van der Waals surface area contributed by atoms with Crippen molar-refractivity contribution in [3.8, 4) is 11.5 Å². The Morgan fingerprint density at radius 1 is 0.712 bits per heavy atom. The molecular formula is C78H95Cl2F2N15O7. The second kappa shape index (κ2) is 32.4. The van der Waals surface area contributed by atoms with Gasteiger partial charge in [-0.15, -0.1) is 0 Å². The molecule has 6 saturated heterocycles. The van der Waals surface area contributed by atoms with E-state index in [1.54, 1.807) is 53.3 Å². The summed E-state index contributed by atoms with van der Waals surface area (Å²) in [6.45, 7) is 18.6. The van der Waals surface area contributed by atoms with E-state index in [1.807, 2.05) is 68.4 Å². The third-order valence-electron chi connectivity index (χ3n) is 21.6. The van der Waals surface area contributed by atoms with E-state index < -0.39 is 35.3 Å². The van der Waals surface area contributed by atoms with E-state index in [-0.39, 0.29) is 73.6 Å². The van der Waals surface area contributed by atoms with Gasteiger partial charge in [0, 0.05) is 132 Å². The van der Waals surface area contributed by atoms with Crippen LogP contribution in [0.1, 0.15) is 112 Å². The van der Waals surface area contributed by atoms with Crippen molar-refractivity contribution in [2.45, 2.75) is 110 Å². The number of nitrogens with zero attached hydrogens (tertiary/aromatic N) is 11. The summed E-state index contributed by atoms with van der Waals surface area (Å²) in [5.74, 6) is 2.11. The van der Waals surface area contributed by atoms with Crippen LogP contribution in [0.2, 0.25) is 10.0 Å². The summed E-state index contributed by atoms with van der Waals surface area (Å²) in [7, 11) is 1.58. The molecule has 552 valence electrons. The molecule has 1 aromatic heterocycles. The van der Waals surface area contributed by atoms with E-state index in [0.29, 0.717) is 128 Å². The fourth-order valence-corrected chi connectivity index (χ4v) is 16.1. The van der Waals surface area contributed by atoms with Gasteiger partial charge in [-0.05, 0) is 148 Å². The van der Waals surface area contributed by atoms with Gasteiger partial charge < -0.3 is 60.1 Å². The lowest BCUT2D eigenvalue weighted by atomic mass is 9.82. The summed E-state index contributed by atoms with van der Waals surface area (Å²) < 4.78 is 43.4. The zero-order chi connectivity index (χ0) is 72.8. The Bertz CT molecular complexity index is 4100. The summed E-state index contributed by atoms with van der Waals surface area (Å²) in [6.07, 6.45) is 5.72. The summed E-state index contributed by atoms with van der Waals surface area (Å²) in [4.78, 5) is 98.9. The summed E-state index contributed by atoms with van der Waals surface area (Å²) in [6, 6.07) is 31.1. The van der Waals surface area contributed by atoms with E-state index in [0.717, 1.165) is 93.1 Å². The highest BCUT2D eigenvalue weighted by Crippen LogP contribution is 2.47. The number of methoxy groups -OCH3 is 1. The van der Waals surface area contributed by atoms with Crippen LogP contribution in [0.15, 0.2) is 121 Å². The number of urea groups is 1. The number of rotatable bonds is 24. The second-order valence-electron chi connectivity index (χ2n) is 30.1. The van der Waals surface area contributed by atoms with Gasteiger partial charge in [0.15, 0.2) is 0 Å². The molecule has 5 aromatic carbocycles. The lowest BCUT2D eigenvalue weighted by Crippen LogP contribution is -2.66. The Morgan fingerprint density at radius 3 is 2.10 bits per heavy atom. The smallest absolute Gasteiger partial charge is 0.326 e. The largest absolute Gasteiger partial charge is 0.497 e. The van der Waals surface area contributed by atoms with Gasteiger partial charge in [-0.1, -0.05) is 85.6 Å². The van der Waals surface area contributed by atoms with E-state index >= 15 is 13.6 Å². The quantitative estimate of drug-likeness (QED) is 0.0415. The minimum atomic E-state index is -0.651. The van der Waals surface area contributed by atoms with Crippen LogP contribution in [0.3, 0.4) is 0 Å². The number of amidine groups is 1. The number of piperidine rings is 2. The molecule has 7 aliphatic heterocycles. The molecule has 104 heavy (non-hydrogen) atoms. The lowest BCUT2D eigenvalue weighted by molar-refractivity contribution is -0.139. The number of halogens is 4. The monoisotopic (exact) mass is 1460 g/mol. The number of carbonyl (C=O) groups is 5. The average Bonchev–Trinajstić information content (AvgIpc) is 1.57. The number of ether oxygens (including phenoxy) is 2. The zero-order valence-corrected chi connectivity index (χ0v) is 61.5. The van der Waals surface area contributed by atoms with Crippen molar-refractivity contribution in [1.29, 1.82) is 0 Å². The van der Waals surface area contributed by atoms with Crippen LogP contribution in [-0.4, -0.2) is 205 Å². The number of anilines is 3. The molecule has 6 fully saturated rings. The van der Waals surface area contributed by atoms with Crippen LogP contribution in [0, 0.1) is 28.9 Å². The highest BCUT2D eigenvalue weighted by molar-refractivity contribution is 6.30. The Balaban J connectivity index is 0.512. The predicted molar refractivity (Wildman–Crippen MR) is 398 cm³/mol. The number of fused-ring (bicyclic) bond motifs is 1. The fraction of sp³-hybridized carbons (Fsp3) is 0.487. The molecule has 7 aliphatic rings. The van der Waals surface area contributed by atoms with E-state index in [1.165, 1.54) is 28.3 Å². The molecule has 22 nitrogen and oxygen atoms in total. The number of amides is 6. The maximum atomic E-state index is 15.8. The van der Waals surface area contributed by atoms with Gasteiger partial charge >= 0.3 is 6.03 Å². The SMILES string of the molecule is COc1ccc(C2=N[C@@H](c3ccc(Cl)cc3)[C@@H](c3ccc(Cl)cc3)N2C(=O)N2CCN(CC(=O)NCCCN3C[C@@H]4CN(CCC(=O)NCc5cccc(CNc6cc(N7CCC8(CC7)CN(c7cc(F)c(CN9CCC(C)(C)CC9)cc7F)CC(=O)N8)ncn6)c5)C[C@@H]4C3)C(=O)C2)c(OC(C)C)c1. The van der Waals surface area contributed by atoms with Crippen molar-refractivity contribution in [2.24, 2.45) is 22.2 Å². The Hall–Kier alpha value is -8.68. The zero-order valence-electron chi connectivity index (χ0n) is 60.0. The summed E-state index contributed by atoms with van der Waals surface area (Å²) >= 11 is 12.8. The average molecular weight is 1460 g/mol. The van der Waals surface area contributed by atoms with Crippen molar-refractivity contribution in [3.63, 3.8) is 0 Å². The second-order valence-corrected chi connectivity index (χ2v) is 30.9. The van der Waals surface area contributed by atoms with Gasteiger partial charge in [-0.2, -0.15) is 0 Å². The molecule has 0 aliphatic carbocycles. The number of aliphatic imine (C=N–C) groups is 1. The number of benzene rings is 5. The van der Waals surface area contributed by atoms with Crippen LogP contribution >= 0.6 is 23.2 Å². The van der Waals surface area contributed by atoms with Crippen LogP contribution in [0.4, 0.5) is 30.9 Å². The molecule has 0 radical (unpaired) electrons. The molecule has 13 rings (SSSR count). The first-order valence-electron chi connectivity index (χ1n) is 36.5. The number of likely N-dealkylation sites (tertiary alicyclic amines) is 3. The van der Waals surface area contributed by atoms with E-state index in [4.69, 9.17) is 37.7 Å². The number of hydrogen-bond donors (Lipinski definition) is 4. The van der Waals surface area contributed by atoms with E-state index in [9.17, 15) is 19.2 Å². The molecule has 1 spiro atoms. The standard InChI is InChI=1S/C78H95Cl2F2N15O7/c1-51(2)104-66-36-61(103-5)18-19-62(66)75-88-73(54-10-14-59(79)15-11-54)74(55-12-16-60(80)17-13-55)97(75)76(102)95-33-32-94(72(101)48-95)46-70(99)83-25-7-26-91-42-57-44-92(45-58(57)43-91)27-20-69(98)85-40-53-9-6-8-52(34-53)39-84-67-38-68(87-50-86-67)93-30-23-78(24-31-93)49-96(47-71(100)89-78)65-37-63(81)56(35-64(65)82)41-90-28-21-77(3,4)22-29-90/h6,8-19,34-38,50-51,57-58,73-74H,7,20-33,39-49H2,1-5H3,(H,83,99)(H,85,98)(H,89,100)(H,84,86,87)/t57-,58+,73-,74+/m0/s1. The molecule has 8 heterocycles. The molecule has 4 atom stereocenters. The topological polar surface area (TPSA) is 216 Å². The Labute approximate surface area is 617 Å². The van der Waals surface area contributed by atoms with Crippen LogP contribution < -0.4 is 40.5 Å². The normalized spacial score (nSPS) is 21.3.